The molecule has 1 atom stereocenters. The van der Waals surface area contributed by atoms with Crippen molar-refractivity contribution in [2.75, 3.05) is 26.2 Å². The van der Waals surface area contributed by atoms with Gasteiger partial charge >= 0.3 is 0 Å². The van der Waals surface area contributed by atoms with E-state index in [-0.39, 0.29) is 29.5 Å². The lowest BCUT2D eigenvalue weighted by Crippen LogP contribution is -2.42. The van der Waals surface area contributed by atoms with Crippen LogP contribution in [0.25, 0.3) is 0 Å². The minimum Gasteiger partial charge on any atom is -0.379 e. The highest BCUT2D eigenvalue weighted by Gasteiger charge is 2.29. The number of nitrogens with zero attached hydrogens (tertiary/aromatic N) is 1. The number of hydrogen-bond donors (Lipinski definition) is 1. The molecule has 2 rings (SSSR count). The number of rotatable bonds is 8. The van der Waals surface area contributed by atoms with Crippen LogP contribution in [0.3, 0.4) is 0 Å². The summed E-state index contributed by atoms with van der Waals surface area (Å²) in [5.41, 5.74) is 0.112. The fraction of sp³-hybridized carbons (Fsp3) is 0.650. The predicted octanol–water partition coefficient (Wildman–Crippen LogP) is 3.67. The Morgan fingerprint density at radius 3 is 2.42 bits per heavy atom. The summed E-state index contributed by atoms with van der Waals surface area (Å²) in [4.78, 5) is 14.3. The smallest absolute Gasteiger partial charge is 0.223 e. The molecule has 146 valence electrons. The topological polar surface area (TPSA) is 41.6 Å². The molecule has 26 heavy (non-hydrogen) atoms. The number of ether oxygens (including phenoxy) is 1. The van der Waals surface area contributed by atoms with Crippen LogP contribution in [0.5, 0.6) is 0 Å². The van der Waals surface area contributed by atoms with Gasteiger partial charge in [-0.05, 0) is 65.3 Å². The van der Waals surface area contributed by atoms with Gasteiger partial charge in [-0.1, -0.05) is 6.07 Å². The number of halogens is 2. The number of likely N-dealkylation sites (tertiary alicyclic amines) is 1. The molecule has 0 radical (unpaired) electrons. The molecule has 1 saturated heterocycles. The van der Waals surface area contributed by atoms with E-state index in [0.717, 1.165) is 6.42 Å². The first kappa shape index (κ1) is 20.8. The first-order valence-corrected chi connectivity index (χ1v) is 9.47. The molecular weight excluding hydrogens is 338 g/mol. The summed E-state index contributed by atoms with van der Waals surface area (Å²) in [5.74, 6) is -0.990. The minimum atomic E-state index is -0.513. The Labute approximate surface area is 154 Å². The van der Waals surface area contributed by atoms with Gasteiger partial charge < -0.3 is 10.1 Å². The molecule has 4 nitrogen and oxygen atoms in total. The molecule has 1 aliphatic heterocycles. The van der Waals surface area contributed by atoms with Crippen LogP contribution < -0.4 is 5.32 Å². The third kappa shape index (κ3) is 5.74. The van der Waals surface area contributed by atoms with Gasteiger partial charge in [-0.3, -0.25) is 9.69 Å². The molecule has 0 aliphatic carbocycles. The van der Waals surface area contributed by atoms with Crippen LogP contribution in [0.4, 0.5) is 8.78 Å². The van der Waals surface area contributed by atoms with Crippen molar-refractivity contribution in [3.8, 4) is 0 Å². The summed E-state index contributed by atoms with van der Waals surface area (Å²) in [6.45, 7) is 8.36. The molecule has 6 heteroatoms. The standard InChI is InChI=1S/C20H30F2N2O2/c1-14(2)26-13-5-10-23-20(25)16-8-11-24(12-9-16)15(3)19-17(21)6-4-7-18(19)22/h4,6-7,14-16H,5,8-13H2,1-3H3,(H,23,25). The van der Waals surface area contributed by atoms with Crippen LogP contribution in [0.1, 0.15) is 51.6 Å². The monoisotopic (exact) mass is 368 g/mol. The Balaban J connectivity index is 1.77. The first-order valence-electron chi connectivity index (χ1n) is 9.47. The Morgan fingerprint density at radius 1 is 1.23 bits per heavy atom. The number of carbonyl (C=O) groups excluding carboxylic acids is 1. The van der Waals surface area contributed by atoms with Crippen molar-refractivity contribution in [2.45, 2.75) is 52.2 Å². The fourth-order valence-corrected chi connectivity index (χ4v) is 3.39. The number of piperidine rings is 1. The van der Waals surface area contributed by atoms with Crippen LogP contribution in [0, 0.1) is 17.6 Å². The van der Waals surface area contributed by atoms with Crippen molar-refractivity contribution >= 4 is 5.91 Å². The van der Waals surface area contributed by atoms with Gasteiger partial charge in [0.05, 0.1) is 6.10 Å². The van der Waals surface area contributed by atoms with Crippen molar-refractivity contribution in [3.63, 3.8) is 0 Å². The maximum Gasteiger partial charge on any atom is 0.223 e. The molecule has 1 aliphatic rings. The molecular formula is C20H30F2N2O2. The van der Waals surface area contributed by atoms with E-state index in [9.17, 15) is 13.6 Å². The molecule has 0 aromatic heterocycles. The summed E-state index contributed by atoms with van der Waals surface area (Å²) in [6.07, 6.45) is 2.41. The van der Waals surface area contributed by atoms with E-state index in [1.807, 2.05) is 25.7 Å². The molecule has 1 amide bonds. The zero-order valence-electron chi connectivity index (χ0n) is 15.9. The Morgan fingerprint density at radius 2 is 1.85 bits per heavy atom. The van der Waals surface area contributed by atoms with Gasteiger partial charge in [-0.2, -0.15) is 0 Å². The van der Waals surface area contributed by atoms with Crippen LogP contribution in [0.2, 0.25) is 0 Å². The number of nitrogens with one attached hydrogen (secondary N) is 1. The van der Waals surface area contributed by atoms with Crippen molar-refractivity contribution in [1.29, 1.82) is 0 Å². The maximum absolute atomic E-state index is 14.0. The van der Waals surface area contributed by atoms with E-state index in [1.165, 1.54) is 18.2 Å². The molecule has 1 heterocycles. The average molecular weight is 368 g/mol. The lowest BCUT2D eigenvalue weighted by Gasteiger charge is -2.35. The SMILES string of the molecule is CC(C)OCCCNC(=O)C1CCN(C(C)c2c(F)cccc2F)CC1. The van der Waals surface area contributed by atoms with Gasteiger partial charge in [0.15, 0.2) is 0 Å². The van der Waals surface area contributed by atoms with E-state index in [2.05, 4.69) is 5.32 Å². The van der Waals surface area contributed by atoms with Crippen LogP contribution in [-0.2, 0) is 9.53 Å². The van der Waals surface area contributed by atoms with Crippen molar-refractivity contribution in [1.82, 2.24) is 10.2 Å². The molecule has 1 aromatic carbocycles. The molecule has 1 N–H and O–H groups in total. The van der Waals surface area contributed by atoms with Crippen molar-refractivity contribution in [2.24, 2.45) is 5.92 Å². The van der Waals surface area contributed by atoms with E-state index >= 15 is 0 Å². The number of benzene rings is 1. The van der Waals surface area contributed by atoms with E-state index in [4.69, 9.17) is 4.74 Å². The highest BCUT2D eigenvalue weighted by atomic mass is 19.1. The zero-order valence-corrected chi connectivity index (χ0v) is 15.9. The minimum absolute atomic E-state index is 0.0325. The molecule has 0 bridgehead atoms. The fourth-order valence-electron chi connectivity index (χ4n) is 3.39. The lowest BCUT2D eigenvalue weighted by molar-refractivity contribution is -0.126. The first-order chi connectivity index (χ1) is 12.4. The normalized spacial score (nSPS) is 17.5. The van der Waals surface area contributed by atoms with Gasteiger partial charge in [-0.15, -0.1) is 0 Å². The second-order valence-electron chi connectivity index (χ2n) is 7.19. The zero-order chi connectivity index (χ0) is 19.1. The number of hydrogen-bond acceptors (Lipinski definition) is 3. The van der Waals surface area contributed by atoms with Crippen LogP contribution in [-0.4, -0.2) is 43.2 Å². The van der Waals surface area contributed by atoms with E-state index in [1.54, 1.807) is 0 Å². The summed E-state index contributed by atoms with van der Waals surface area (Å²) in [6, 6.07) is 3.62. The van der Waals surface area contributed by atoms with Crippen LogP contribution >= 0.6 is 0 Å². The summed E-state index contributed by atoms with van der Waals surface area (Å²) in [5, 5.41) is 2.96. The Hall–Kier alpha value is -1.53. The molecule has 1 aromatic rings. The van der Waals surface area contributed by atoms with Crippen molar-refractivity contribution < 1.29 is 18.3 Å². The predicted molar refractivity (Wildman–Crippen MR) is 97.8 cm³/mol. The Kier molecular flexibility index (Phi) is 7.97. The number of amides is 1. The summed E-state index contributed by atoms with van der Waals surface area (Å²) >= 11 is 0. The third-order valence-electron chi connectivity index (χ3n) is 4.94. The van der Waals surface area contributed by atoms with Crippen LogP contribution in [0.15, 0.2) is 18.2 Å². The van der Waals surface area contributed by atoms with Gasteiger partial charge in [0.1, 0.15) is 11.6 Å². The molecule has 0 spiro atoms. The highest BCUT2D eigenvalue weighted by Crippen LogP contribution is 2.29. The maximum atomic E-state index is 14.0. The van der Waals surface area contributed by atoms with Gasteiger partial charge in [0, 0.05) is 30.7 Å². The highest BCUT2D eigenvalue weighted by molar-refractivity contribution is 5.78. The van der Waals surface area contributed by atoms with E-state index < -0.39 is 11.6 Å². The van der Waals surface area contributed by atoms with Gasteiger partial charge in [-0.25, -0.2) is 8.78 Å². The second-order valence-corrected chi connectivity index (χ2v) is 7.19. The van der Waals surface area contributed by atoms with Gasteiger partial charge in [0.25, 0.3) is 0 Å². The second kappa shape index (κ2) is 9.97. The summed E-state index contributed by atoms with van der Waals surface area (Å²) < 4.78 is 33.4. The molecule has 0 saturated carbocycles. The third-order valence-corrected chi connectivity index (χ3v) is 4.94. The average Bonchev–Trinajstić information content (AvgIpc) is 2.61. The molecule has 1 unspecified atom stereocenters. The number of carbonyl (C=O) groups is 1. The lowest BCUT2D eigenvalue weighted by atomic mass is 9.93. The molecule has 1 fully saturated rings. The quantitative estimate of drug-likeness (QED) is 0.712. The summed E-state index contributed by atoms with van der Waals surface area (Å²) in [7, 11) is 0. The Bertz CT molecular complexity index is 567. The van der Waals surface area contributed by atoms with Crippen molar-refractivity contribution in [3.05, 3.63) is 35.4 Å². The van der Waals surface area contributed by atoms with E-state index in [0.29, 0.717) is 39.1 Å². The largest absolute Gasteiger partial charge is 0.379 e. The van der Waals surface area contributed by atoms with Gasteiger partial charge in [0.2, 0.25) is 5.91 Å².